The van der Waals surface area contributed by atoms with Crippen molar-refractivity contribution in [2.45, 2.75) is 26.8 Å². The summed E-state index contributed by atoms with van der Waals surface area (Å²) in [6, 6.07) is 17.3. The molecule has 24 heavy (non-hydrogen) atoms. The molecule has 122 valence electrons. The van der Waals surface area contributed by atoms with Crippen LogP contribution in [0.2, 0.25) is 0 Å². The van der Waals surface area contributed by atoms with E-state index in [9.17, 15) is 9.59 Å². The van der Waals surface area contributed by atoms with Crippen LogP contribution in [0.5, 0.6) is 0 Å². The largest absolute Gasteiger partial charge is 0.322 e. The average molecular weight is 320 g/mol. The van der Waals surface area contributed by atoms with Crippen LogP contribution in [0.4, 0.5) is 5.69 Å². The highest BCUT2D eigenvalue weighted by Crippen LogP contribution is 2.20. The van der Waals surface area contributed by atoms with E-state index in [2.05, 4.69) is 4.98 Å². The van der Waals surface area contributed by atoms with Gasteiger partial charge in [-0.2, -0.15) is 0 Å². The van der Waals surface area contributed by atoms with Crippen LogP contribution >= 0.6 is 0 Å². The van der Waals surface area contributed by atoms with Crippen LogP contribution < -0.4 is 10.5 Å². The second-order valence-corrected chi connectivity index (χ2v) is 5.88. The second-order valence-electron chi connectivity index (χ2n) is 5.88. The number of nitrogens with zero attached hydrogens (tertiary/aromatic N) is 1. The quantitative estimate of drug-likeness (QED) is 0.795. The van der Waals surface area contributed by atoms with Crippen molar-refractivity contribution in [3.8, 4) is 0 Å². The van der Waals surface area contributed by atoms with Crippen LogP contribution in [-0.4, -0.2) is 10.9 Å². The number of aryl methyl sites for hydroxylation is 1. The maximum atomic E-state index is 12.4. The number of pyridine rings is 1. The number of H-pyrrole nitrogens is 1. The van der Waals surface area contributed by atoms with Crippen LogP contribution in [0.1, 0.15) is 24.5 Å². The molecule has 0 bridgehead atoms. The van der Waals surface area contributed by atoms with Crippen molar-refractivity contribution in [2.75, 3.05) is 4.90 Å². The van der Waals surface area contributed by atoms with E-state index in [-0.39, 0.29) is 18.0 Å². The van der Waals surface area contributed by atoms with Gasteiger partial charge in [0.15, 0.2) is 0 Å². The molecule has 0 aliphatic carbocycles. The Hall–Kier alpha value is -2.88. The summed E-state index contributed by atoms with van der Waals surface area (Å²) in [5.41, 5.74) is 3.12. The predicted molar refractivity (Wildman–Crippen MR) is 97.2 cm³/mol. The number of hydrogen-bond donors (Lipinski definition) is 1. The number of anilines is 1. The first-order valence-corrected chi connectivity index (χ1v) is 8.06. The van der Waals surface area contributed by atoms with Gasteiger partial charge in [-0.15, -0.1) is 0 Å². The fourth-order valence-corrected chi connectivity index (χ4v) is 2.79. The van der Waals surface area contributed by atoms with Gasteiger partial charge in [0, 0.05) is 23.2 Å². The van der Waals surface area contributed by atoms with Gasteiger partial charge in [-0.1, -0.05) is 37.3 Å². The van der Waals surface area contributed by atoms with Crippen LogP contribution in [0.15, 0.2) is 59.4 Å². The number of para-hydroxylation sites is 1. The number of fused-ring (bicyclic) bond motifs is 1. The first-order valence-electron chi connectivity index (χ1n) is 8.06. The molecule has 0 spiro atoms. The van der Waals surface area contributed by atoms with Crippen LogP contribution in [0, 0.1) is 6.92 Å². The standard InChI is InChI=1S/C20H20N2O2/c1-3-19(23)22(17-9-6-7-14(2)11-17)13-16-12-15-8-4-5-10-18(15)21-20(16)24/h4-12H,3,13H2,1-2H3,(H,21,24). The Bertz CT molecular complexity index is 944. The Kier molecular flexibility index (Phi) is 4.47. The number of aromatic amines is 1. The summed E-state index contributed by atoms with van der Waals surface area (Å²) in [5, 5.41) is 0.959. The lowest BCUT2D eigenvalue weighted by molar-refractivity contribution is -0.118. The van der Waals surface area contributed by atoms with Crippen molar-refractivity contribution < 1.29 is 4.79 Å². The van der Waals surface area contributed by atoms with Gasteiger partial charge in [0.05, 0.1) is 6.54 Å². The van der Waals surface area contributed by atoms with Crippen LogP contribution in [0.25, 0.3) is 10.9 Å². The number of rotatable bonds is 4. The van der Waals surface area contributed by atoms with Crippen LogP contribution in [0.3, 0.4) is 0 Å². The molecule has 1 N–H and O–H groups in total. The Morgan fingerprint density at radius 1 is 1.08 bits per heavy atom. The third-order valence-corrected chi connectivity index (χ3v) is 4.08. The molecular formula is C20H20N2O2. The van der Waals surface area contributed by atoms with E-state index in [1.165, 1.54) is 0 Å². The Labute approximate surface area is 140 Å². The van der Waals surface area contributed by atoms with Gasteiger partial charge >= 0.3 is 0 Å². The van der Waals surface area contributed by atoms with Crippen molar-refractivity contribution in [2.24, 2.45) is 0 Å². The Morgan fingerprint density at radius 3 is 2.62 bits per heavy atom. The molecule has 3 rings (SSSR count). The number of benzene rings is 2. The highest BCUT2D eigenvalue weighted by atomic mass is 16.2. The van der Waals surface area contributed by atoms with E-state index in [0.717, 1.165) is 22.2 Å². The van der Waals surface area contributed by atoms with E-state index < -0.39 is 0 Å². The van der Waals surface area contributed by atoms with Crippen molar-refractivity contribution >= 4 is 22.5 Å². The molecular weight excluding hydrogens is 300 g/mol. The SMILES string of the molecule is CCC(=O)N(Cc1cc2ccccc2[nH]c1=O)c1cccc(C)c1. The van der Waals surface area contributed by atoms with Gasteiger partial charge in [0.25, 0.3) is 5.56 Å². The number of aromatic nitrogens is 1. The van der Waals surface area contributed by atoms with Crippen molar-refractivity contribution in [3.05, 3.63) is 76.1 Å². The summed E-state index contributed by atoms with van der Waals surface area (Å²) in [7, 11) is 0. The van der Waals surface area contributed by atoms with Crippen molar-refractivity contribution in [3.63, 3.8) is 0 Å². The maximum absolute atomic E-state index is 12.4. The summed E-state index contributed by atoms with van der Waals surface area (Å²) in [6.45, 7) is 4.08. The highest BCUT2D eigenvalue weighted by Gasteiger charge is 2.16. The molecule has 0 atom stereocenters. The lowest BCUT2D eigenvalue weighted by Gasteiger charge is -2.22. The van der Waals surface area contributed by atoms with Gasteiger partial charge in [0.2, 0.25) is 5.91 Å². The fraction of sp³-hybridized carbons (Fsp3) is 0.200. The summed E-state index contributed by atoms with van der Waals surface area (Å²) in [4.78, 5) is 29.4. The highest BCUT2D eigenvalue weighted by molar-refractivity contribution is 5.93. The molecule has 0 radical (unpaired) electrons. The van der Waals surface area contributed by atoms with Crippen molar-refractivity contribution in [1.82, 2.24) is 4.98 Å². The Morgan fingerprint density at radius 2 is 1.88 bits per heavy atom. The second kappa shape index (κ2) is 6.71. The first kappa shape index (κ1) is 16.0. The molecule has 1 heterocycles. The fourth-order valence-electron chi connectivity index (χ4n) is 2.79. The Balaban J connectivity index is 2.03. The maximum Gasteiger partial charge on any atom is 0.253 e. The van der Waals surface area contributed by atoms with Gasteiger partial charge in [-0.25, -0.2) is 0 Å². The molecule has 0 aliphatic heterocycles. The number of amides is 1. The molecule has 0 aliphatic rings. The summed E-state index contributed by atoms with van der Waals surface area (Å²) >= 11 is 0. The minimum absolute atomic E-state index is 0.00633. The normalized spacial score (nSPS) is 10.8. The van der Waals surface area contributed by atoms with Gasteiger partial charge in [-0.05, 0) is 42.1 Å². The van der Waals surface area contributed by atoms with Crippen molar-refractivity contribution in [1.29, 1.82) is 0 Å². The smallest absolute Gasteiger partial charge is 0.253 e. The minimum Gasteiger partial charge on any atom is -0.322 e. The van der Waals surface area contributed by atoms with Gasteiger partial charge < -0.3 is 9.88 Å². The first-order chi connectivity index (χ1) is 11.6. The average Bonchev–Trinajstić information content (AvgIpc) is 2.59. The zero-order valence-electron chi connectivity index (χ0n) is 13.9. The molecule has 4 nitrogen and oxygen atoms in total. The number of nitrogens with one attached hydrogen (secondary N) is 1. The number of carbonyl (C=O) groups is 1. The number of hydrogen-bond acceptors (Lipinski definition) is 2. The monoisotopic (exact) mass is 320 g/mol. The van der Waals surface area contributed by atoms with E-state index in [0.29, 0.717) is 12.0 Å². The molecule has 0 saturated heterocycles. The lowest BCUT2D eigenvalue weighted by atomic mass is 10.1. The topological polar surface area (TPSA) is 53.2 Å². The van der Waals surface area contributed by atoms with Crippen LogP contribution in [-0.2, 0) is 11.3 Å². The zero-order chi connectivity index (χ0) is 17.1. The van der Waals surface area contributed by atoms with E-state index in [4.69, 9.17) is 0 Å². The zero-order valence-corrected chi connectivity index (χ0v) is 13.9. The minimum atomic E-state index is -0.157. The molecule has 0 unspecified atom stereocenters. The van der Waals surface area contributed by atoms with E-state index in [1.54, 1.807) is 4.90 Å². The molecule has 3 aromatic rings. The molecule has 2 aromatic carbocycles. The van der Waals surface area contributed by atoms with Gasteiger partial charge in [-0.3, -0.25) is 9.59 Å². The molecule has 0 saturated carbocycles. The molecule has 1 aromatic heterocycles. The van der Waals surface area contributed by atoms with E-state index >= 15 is 0 Å². The summed E-state index contributed by atoms with van der Waals surface area (Å²) in [5.74, 6) is -0.00633. The summed E-state index contributed by atoms with van der Waals surface area (Å²) < 4.78 is 0. The summed E-state index contributed by atoms with van der Waals surface area (Å²) in [6.07, 6.45) is 0.388. The third-order valence-electron chi connectivity index (χ3n) is 4.08. The lowest BCUT2D eigenvalue weighted by Crippen LogP contribution is -2.32. The van der Waals surface area contributed by atoms with Gasteiger partial charge in [0.1, 0.15) is 0 Å². The molecule has 4 heteroatoms. The molecule has 1 amide bonds. The number of carbonyl (C=O) groups excluding carboxylic acids is 1. The van der Waals surface area contributed by atoms with E-state index in [1.807, 2.05) is 68.4 Å². The third kappa shape index (κ3) is 3.23. The molecule has 0 fully saturated rings. The predicted octanol–water partition coefficient (Wildman–Crippen LogP) is 3.78.